The van der Waals surface area contributed by atoms with Gasteiger partial charge in [0.2, 0.25) is 10.0 Å². The molecule has 0 unspecified atom stereocenters. The van der Waals surface area contributed by atoms with Crippen LogP contribution in [0.3, 0.4) is 0 Å². The molecule has 34 heavy (non-hydrogen) atoms. The van der Waals surface area contributed by atoms with Gasteiger partial charge in [0, 0.05) is 6.04 Å². The number of hydrogen-bond acceptors (Lipinski definition) is 7. The Kier molecular flexibility index (Phi) is 9.43. The van der Waals surface area contributed by atoms with E-state index in [1.165, 1.54) is 20.2 Å². The number of anilines is 1. The third-order valence-electron chi connectivity index (χ3n) is 4.50. The summed E-state index contributed by atoms with van der Waals surface area (Å²) in [6.07, 6.45) is 2.44. The number of benzene rings is 2. The first-order valence-electron chi connectivity index (χ1n) is 10.5. The number of carbonyl (C=O) groups is 2. The van der Waals surface area contributed by atoms with Gasteiger partial charge in [0.15, 0.2) is 6.61 Å². The summed E-state index contributed by atoms with van der Waals surface area (Å²) < 4.78 is 36.2. The Balaban J connectivity index is 1.98. The molecule has 0 aliphatic rings. The van der Waals surface area contributed by atoms with Crippen molar-refractivity contribution in [3.05, 3.63) is 54.1 Å². The average molecular weight is 491 g/mol. The van der Waals surface area contributed by atoms with E-state index >= 15 is 0 Å². The summed E-state index contributed by atoms with van der Waals surface area (Å²) in [6.45, 7) is 5.11. The lowest BCUT2D eigenvalue weighted by molar-refractivity contribution is -0.123. The Labute approximate surface area is 200 Å². The number of ether oxygens (including phenoxy) is 2. The largest absolute Gasteiger partial charge is 0.497 e. The van der Waals surface area contributed by atoms with Crippen molar-refractivity contribution in [3.63, 3.8) is 0 Å². The van der Waals surface area contributed by atoms with Gasteiger partial charge in [0.05, 0.1) is 25.3 Å². The van der Waals surface area contributed by atoms with Crippen molar-refractivity contribution >= 4 is 33.7 Å². The lowest BCUT2D eigenvalue weighted by Crippen LogP contribution is -2.46. The fourth-order valence-corrected chi connectivity index (χ4v) is 4.14. The number of methoxy groups -OCH3 is 1. The first-order valence-corrected chi connectivity index (χ1v) is 12.3. The van der Waals surface area contributed by atoms with Crippen LogP contribution in [-0.2, 0) is 19.6 Å². The molecule has 0 saturated heterocycles. The zero-order valence-corrected chi connectivity index (χ0v) is 20.6. The van der Waals surface area contributed by atoms with Gasteiger partial charge in [0.1, 0.15) is 17.5 Å². The zero-order chi connectivity index (χ0) is 25.3. The second-order valence-corrected chi connectivity index (χ2v) is 9.61. The molecule has 11 heteroatoms. The Morgan fingerprint density at radius 3 is 2.15 bits per heavy atom. The number of carbonyl (C=O) groups excluding carboxylic acids is 2. The molecule has 2 rings (SSSR count). The van der Waals surface area contributed by atoms with Crippen molar-refractivity contribution in [2.24, 2.45) is 5.10 Å². The van der Waals surface area contributed by atoms with Crippen LogP contribution >= 0.6 is 0 Å². The molecular formula is C23H30N4O6S. The summed E-state index contributed by atoms with van der Waals surface area (Å²) in [6, 6.07) is 12.1. The van der Waals surface area contributed by atoms with Crippen molar-refractivity contribution in [2.45, 2.75) is 32.9 Å². The Bertz CT molecular complexity index is 1100. The van der Waals surface area contributed by atoms with E-state index in [9.17, 15) is 18.0 Å². The van der Waals surface area contributed by atoms with E-state index in [2.05, 4.69) is 15.8 Å². The van der Waals surface area contributed by atoms with Gasteiger partial charge in [-0.05, 0) is 74.9 Å². The maximum atomic E-state index is 12.6. The molecule has 2 aromatic carbocycles. The van der Waals surface area contributed by atoms with E-state index in [0.717, 1.165) is 10.6 Å². The minimum atomic E-state index is -3.74. The van der Waals surface area contributed by atoms with Gasteiger partial charge < -0.3 is 14.8 Å². The maximum Gasteiger partial charge on any atom is 0.263 e. The van der Waals surface area contributed by atoms with Crippen LogP contribution in [0.1, 0.15) is 26.3 Å². The fourth-order valence-electron chi connectivity index (χ4n) is 2.96. The van der Waals surface area contributed by atoms with Crippen LogP contribution in [0, 0.1) is 0 Å². The van der Waals surface area contributed by atoms with E-state index in [0.29, 0.717) is 22.7 Å². The minimum Gasteiger partial charge on any atom is -0.497 e. The van der Waals surface area contributed by atoms with E-state index < -0.39 is 22.0 Å². The second-order valence-electron chi connectivity index (χ2n) is 7.75. The number of hydrazone groups is 1. The molecular weight excluding hydrogens is 460 g/mol. The SMILES string of the molecule is COc1ccc(N([C@@H](C)C(=O)N/N=C\c2ccc(OCC(=O)NC(C)C)cc2)S(C)(=O)=O)cc1. The minimum absolute atomic E-state index is 0.0355. The standard InChI is InChI=1S/C23H30N4O6S/c1-16(2)25-22(28)15-33-21-10-6-18(7-11-21)14-24-26-23(29)17(3)27(34(5,30)31)19-8-12-20(32-4)13-9-19/h6-14,16-17H,15H2,1-5H3,(H,25,28)(H,26,29)/b24-14-/t17-/m0/s1. The lowest BCUT2D eigenvalue weighted by Gasteiger charge is -2.27. The van der Waals surface area contributed by atoms with Crippen molar-refractivity contribution in [2.75, 3.05) is 24.3 Å². The molecule has 0 aromatic heterocycles. The van der Waals surface area contributed by atoms with Crippen molar-refractivity contribution in [1.29, 1.82) is 0 Å². The van der Waals surface area contributed by atoms with E-state index in [1.807, 2.05) is 13.8 Å². The van der Waals surface area contributed by atoms with Gasteiger partial charge in [-0.1, -0.05) is 0 Å². The molecule has 0 bridgehead atoms. The van der Waals surface area contributed by atoms with E-state index in [1.54, 1.807) is 48.5 Å². The Hall–Kier alpha value is -3.60. The molecule has 2 aromatic rings. The van der Waals surface area contributed by atoms with Crippen molar-refractivity contribution < 1.29 is 27.5 Å². The van der Waals surface area contributed by atoms with Crippen LogP contribution in [0.2, 0.25) is 0 Å². The highest BCUT2D eigenvalue weighted by atomic mass is 32.2. The number of nitrogens with zero attached hydrogens (tertiary/aromatic N) is 2. The van der Waals surface area contributed by atoms with Gasteiger partial charge in [-0.15, -0.1) is 0 Å². The van der Waals surface area contributed by atoms with Gasteiger partial charge in [-0.2, -0.15) is 5.10 Å². The van der Waals surface area contributed by atoms with Crippen LogP contribution < -0.4 is 24.5 Å². The summed E-state index contributed by atoms with van der Waals surface area (Å²) in [5.74, 6) is 0.259. The predicted octanol–water partition coefficient (Wildman–Crippen LogP) is 1.90. The van der Waals surface area contributed by atoms with Crippen LogP contribution in [-0.4, -0.2) is 58.5 Å². The fraction of sp³-hybridized carbons (Fsp3) is 0.348. The monoisotopic (exact) mass is 490 g/mol. The second kappa shape index (κ2) is 12.0. The van der Waals surface area contributed by atoms with Gasteiger partial charge in [0.25, 0.3) is 11.8 Å². The number of sulfonamides is 1. The third kappa shape index (κ3) is 8.07. The van der Waals surface area contributed by atoms with Crippen LogP contribution in [0.25, 0.3) is 0 Å². The molecule has 0 aliphatic heterocycles. The first-order chi connectivity index (χ1) is 16.0. The highest BCUT2D eigenvalue weighted by molar-refractivity contribution is 7.92. The highest BCUT2D eigenvalue weighted by Gasteiger charge is 2.29. The Morgan fingerprint density at radius 2 is 1.62 bits per heavy atom. The quantitative estimate of drug-likeness (QED) is 0.366. The maximum absolute atomic E-state index is 12.6. The van der Waals surface area contributed by atoms with E-state index in [-0.39, 0.29) is 18.6 Å². The van der Waals surface area contributed by atoms with Crippen LogP contribution in [0.4, 0.5) is 5.69 Å². The topological polar surface area (TPSA) is 126 Å². The molecule has 184 valence electrons. The number of amides is 2. The first kappa shape index (κ1) is 26.7. The van der Waals surface area contributed by atoms with Crippen LogP contribution in [0.15, 0.2) is 53.6 Å². The number of rotatable bonds is 11. The van der Waals surface area contributed by atoms with Gasteiger partial charge in [-0.3, -0.25) is 13.9 Å². The average Bonchev–Trinajstić information content (AvgIpc) is 2.77. The van der Waals surface area contributed by atoms with Crippen LogP contribution in [0.5, 0.6) is 11.5 Å². The number of hydrogen-bond donors (Lipinski definition) is 2. The third-order valence-corrected chi connectivity index (χ3v) is 5.75. The highest BCUT2D eigenvalue weighted by Crippen LogP contribution is 2.23. The molecule has 0 radical (unpaired) electrons. The molecule has 1 atom stereocenters. The summed E-state index contributed by atoms with van der Waals surface area (Å²) in [5, 5.41) is 6.65. The molecule has 0 heterocycles. The number of nitrogens with one attached hydrogen (secondary N) is 2. The molecule has 0 spiro atoms. The lowest BCUT2D eigenvalue weighted by atomic mass is 10.2. The van der Waals surface area contributed by atoms with Crippen molar-refractivity contribution in [1.82, 2.24) is 10.7 Å². The predicted molar refractivity (Wildman–Crippen MR) is 131 cm³/mol. The summed E-state index contributed by atoms with van der Waals surface area (Å²) >= 11 is 0. The van der Waals surface area contributed by atoms with Gasteiger partial charge in [-0.25, -0.2) is 13.8 Å². The van der Waals surface area contributed by atoms with Crippen molar-refractivity contribution in [3.8, 4) is 11.5 Å². The van der Waals surface area contributed by atoms with E-state index in [4.69, 9.17) is 9.47 Å². The molecule has 0 saturated carbocycles. The molecule has 2 amide bonds. The smallest absolute Gasteiger partial charge is 0.263 e. The normalized spacial score (nSPS) is 12.3. The molecule has 10 nitrogen and oxygen atoms in total. The Morgan fingerprint density at radius 1 is 1.03 bits per heavy atom. The molecule has 0 fully saturated rings. The molecule has 0 aliphatic carbocycles. The summed E-state index contributed by atoms with van der Waals surface area (Å²) in [4.78, 5) is 24.2. The van der Waals surface area contributed by atoms with Gasteiger partial charge >= 0.3 is 0 Å². The summed E-state index contributed by atoms with van der Waals surface area (Å²) in [7, 11) is -2.24. The zero-order valence-electron chi connectivity index (χ0n) is 19.8. The molecule has 2 N–H and O–H groups in total. The summed E-state index contributed by atoms with van der Waals surface area (Å²) in [5.41, 5.74) is 3.36.